The Morgan fingerprint density at radius 1 is 1.58 bits per heavy atom. The summed E-state index contributed by atoms with van der Waals surface area (Å²) in [5, 5.41) is 17.6. The van der Waals surface area contributed by atoms with Crippen LogP contribution in [0, 0.1) is 11.3 Å². The van der Waals surface area contributed by atoms with Crippen LogP contribution in [-0.2, 0) is 14.8 Å². The van der Waals surface area contributed by atoms with Crippen LogP contribution < -0.4 is 4.72 Å². The van der Waals surface area contributed by atoms with Crippen LogP contribution in [0.3, 0.4) is 0 Å². The first-order chi connectivity index (χ1) is 8.90. The number of benzene rings is 1. The highest BCUT2D eigenvalue weighted by Crippen LogP contribution is 2.12. The highest BCUT2D eigenvalue weighted by molar-refractivity contribution is 7.89. The van der Waals surface area contributed by atoms with Gasteiger partial charge in [0, 0.05) is 0 Å². The number of carboxylic acids is 1. The lowest BCUT2D eigenvalue weighted by Gasteiger charge is -2.13. The summed E-state index contributed by atoms with van der Waals surface area (Å²) < 4.78 is 26.0. The molecule has 6 nitrogen and oxygen atoms in total. The van der Waals surface area contributed by atoms with E-state index in [4.69, 9.17) is 10.4 Å². The van der Waals surface area contributed by atoms with Crippen molar-refractivity contribution in [3.05, 3.63) is 42.5 Å². The van der Waals surface area contributed by atoms with Crippen molar-refractivity contribution in [3.8, 4) is 6.07 Å². The number of sulfonamides is 1. The minimum atomic E-state index is -3.99. The van der Waals surface area contributed by atoms with Crippen molar-refractivity contribution >= 4 is 16.0 Å². The van der Waals surface area contributed by atoms with Gasteiger partial charge in [0.2, 0.25) is 10.0 Å². The predicted molar refractivity (Wildman–Crippen MR) is 67.7 cm³/mol. The Labute approximate surface area is 111 Å². The van der Waals surface area contributed by atoms with Gasteiger partial charge in [0.05, 0.1) is 16.5 Å². The van der Waals surface area contributed by atoms with Crippen LogP contribution >= 0.6 is 0 Å². The molecule has 19 heavy (non-hydrogen) atoms. The Hall–Kier alpha value is -2.17. The summed E-state index contributed by atoms with van der Waals surface area (Å²) in [5.41, 5.74) is 0.179. The number of nitriles is 1. The van der Waals surface area contributed by atoms with E-state index in [1.807, 2.05) is 6.07 Å². The van der Waals surface area contributed by atoms with Crippen molar-refractivity contribution in [3.63, 3.8) is 0 Å². The van der Waals surface area contributed by atoms with Crippen LogP contribution in [-0.4, -0.2) is 25.5 Å². The van der Waals surface area contributed by atoms with Gasteiger partial charge >= 0.3 is 5.97 Å². The van der Waals surface area contributed by atoms with Crippen LogP contribution in [0.15, 0.2) is 41.8 Å². The van der Waals surface area contributed by atoms with Gasteiger partial charge < -0.3 is 5.11 Å². The first kappa shape index (κ1) is 14.9. The van der Waals surface area contributed by atoms with Gasteiger partial charge in [-0.2, -0.15) is 9.98 Å². The molecule has 0 aliphatic rings. The molecule has 7 heteroatoms. The van der Waals surface area contributed by atoms with Crippen molar-refractivity contribution in [1.82, 2.24) is 4.72 Å². The Bertz CT molecular complexity index is 631. The number of hydrogen-bond acceptors (Lipinski definition) is 4. The van der Waals surface area contributed by atoms with Crippen molar-refractivity contribution in [2.75, 3.05) is 0 Å². The lowest BCUT2D eigenvalue weighted by atomic mass is 10.2. The van der Waals surface area contributed by atoms with Gasteiger partial charge in [0.1, 0.15) is 6.04 Å². The van der Waals surface area contributed by atoms with E-state index >= 15 is 0 Å². The number of hydrogen-bond donors (Lipinski definition) is 2. The number of nitrogens with zero attached hydrogens (tertiary/aromatic N) is 1. The Morgan fingerprint density at radius 3 is 2.79 bits per heavy atom. The largest absolute Gasteiger partial charge is 0.480 e. The van der Waals surface area contributed by atoms with E-state index < -0.39 is 22.0 Å². The molecule has 0 spiro atoms. The van der Waals surface area contributed by atoms with Crippen LogP contribution in [0.2, 0.25) is 0 Å². The average Bonchev–Trinajstić information content (AvgIpc) is 2.38. The zero-order chi connectivity index (χ0) is 14.5. The molecule has 0 saturated carbocycles. The summed E-state index contributed by atoms with van der Waals surface area (Å²) in [7, 11) is -3.99. The molecule has 1 rings (SSSR count). The average molecular weight is 280 g/mol. The second kappa shape index (κ2) is 6.13. The maximum absolute atomic E-state index is 12.0. The molecular formula is C12H12N2O4S. The van der Waals surface area contributed by atoms with Crippen molar-refractivity contribution < 1.29 is 18.3 Å². The third-order valence-electron chi connectivity index (χ3n) is 2.27. The molecule has 0 aliphatic heterocycles. The van der Waals surface area contributed by atoms with Crippen LogP contribution in [0.5, 0.6) is 0 Å². The molecule has 1 aromatic carbocycles. The van der Waals surface area contributed by atoms with Gasteiger partial charge in [-0.15, -0.1) is 6.58 Å². The van der Waals surface area contributed by atoms with Crippen molar-refractivity contribution in [1.29, 1.82) is 5.26 Å². The fraction of sp³-hybridized carbons (Fsp3) is 0.167. The molecule has 100 valence electrons. The van der Waals surface area contributed by atoms with Crippen LogP contribution in [0.25, 0.3) is 0 Å². The van der Waals surface area contributed by atoms with E-state index in [0.717, 1.165) is 0 Å². The van der Waals surface area contributed by atoms with E-state index in [1.54, 1.807) is 0 Å². The summed E-state index contributed by atoms with van der Waals surface area (Å²) in [6.45, 7) is 3.37. The summed E-state index contributed by atoms with van der Waals surface area (Å²) in [6.07, 6.45) is 1.28. The van der Waals surface area contributed by atoms with Crippen LogP contribution in [0.4, 0.5) is 0 Å². The van der Waals surface area contributed by atoms with Gasteiger partial charge in [-0.05, 0) is 24.6 Å². The Kier molecular flexibility index (Phi) is 4.80. The van der Waals surface area contributed by atoms with Crippen LogP contribution in [0.1, 0.15) is 12.0 Å². The minimum absolute atomic E-state index is 0.0352. The molecule has 1 atom stereocenters. The second-order valence-electron chi connectivity index (χ2n) is 3.68. The van der Waals surface area contributed by atoms with Gasteiger partial charge in [-0.1, -0.05) is 12.1 Å². The molecule has 0 amide bonds. The summed E-state index contributed by atoms with van der Waals surface area (Å²) in [6, 6.07) is 5.86. The van der Waals surface area contributed by atoms with Gasteiger partial charge in [0.25, 0.3) is 0 Å². The van der Waals surface area contributed by atoms with Gasteiger partial charge in [-0.25, -0.2) is 8.42 Å². The zero-order valence-electron chi connectivity index (χ0n) is 9.91. The summed E-state index contributed by atoms with van der Waals surface area (Å²) in [5.74, 6) is -1.29. The number of aliphatic carboxylic acids is 1. The lowest BCUT2D eigenvalue weighted by Crippen LogP contribution is -2.40. The standard InChI is InChI=1S/C12H12N2O4S/c1-2-4-11(12(15)16)14-19(17,18)10-6-3-5-9(7-10)8-13/h2-3,5-7,11,14H,1,4H2,(H,15,16). The maximum Gasteiger partial charge on any atom is 0.322 e. The predicted octanol–water partition coefficient (Wildman–Crippen LogP) is 0.866. The molecule has 0 aromatic heterocycles. The van der Waals surface area contributed by atoms with E-state index in [2.05, 4.69) is 11.3 Å². The normalized spacial score (nSPS) is 12.4. The second-order valence-corrected chi connectivity index (χ2v) is 5.39. The number of nitrogens with one attached hydrogen (secondary N) is 1. The molecule has 0 aliphatic carbocycles. The van der Waals surface area contributed by atoms with Crippen molar-refractivity contribution in [2.45, 2.75) is 17.4 Å². The van der Waals surface area contributed by atoms with Gasteiger partial charge in [0.15, 0.2) is 0 Å². The highest BCUT2D eigenvalue weighted by Gasteiger charge is 2.24. The molecule has 1 unspecified atom stereocenters. The summed E-state index contributed by atoms with van der Waals surface area (Å²) in [4.78, 5) is 10.7. The molecule has 1 aromatic rings. The molecule has 0 radical (unpaired) electrons. The molecule has 2 N–H and O–H groups in total. The Balaban J connectivity index is 3.06. The van der Waals surface area contributed by atoms with E-state index in [-0.39, 0.29) is 16.9 Å². The monoisotopic (exact) mass is 280 g/mol. The number of carboxylic acid groups (broad SMARTS) is 1. The topological polar surface area (TPSA) is 107 Å². The highest BCUT2D eigenvalue weighted by atomic mass is 32.2. The minimum Gasteiger partial charge on any atom is -0.480 e. The molecule has 0 fully saturated rings. The molecular weight excluding hydrogens is 268 g/mol. The first-order valence-electron chi connectivity index (χ1n) is 5.27. The quantitative estimate of drug-likeness (QED) is 0.752. The number of carbonyl (C=O) groups is 1. The summed E-state index contributed by atoms with van der Waals surface area (Å²) >= 11 is 0. The smallest absolute Gasteiger partial charge is 0.322 e. The number of rotatable bonds is 6. The molecule has 0 heterocycles. The first-order valence-corrected chi connectivity index (χ1v) is 6.75. The molecule has 0 bridgehead atoms. The lowest BCUT2D eigenvalue weighted by molar-refractivity contribution is -0.138. The third-order valence-corrected chi connectivity index (χ3v) is 3.74. The Morgan fingerprint density at radius 2 is 2.26 bits per heavy atom. The zero-order valence-corrected chi connectivity index (χ0v) is 10.7. The SMILES string of the molecule is C=CCC(NS(=O)(=O)c1cccc(C#N)c1)C(=O)O. The van der Waals surface area contributed by atoms with E-state index in [9.17, 15) is 13.2 Å². The fourth-order valence-corrected chi connectivity index (χ4v) is 2.60. The van der Waals surface area contributed by atoms with E-state index in [1.165, 1.54) is 30.3 Å². The maximum atomic E-state index is 12.0. The van der Waals surface area contributed by atoms with E-state index in [0.29, 0.717) is 0 Å². The third kappa shape index (κ3) is 3.91. The van der Waals surface area contributed by atoms with Gasteiger partial charge in [-0.3, -0.25) is 4.79 Å². The fourth-order valence-electron chi connectivity index (χ4n) is 1.35. The van der Waals surface area contributed by atoms with Crippen molar-refractivity contribution in [2.24, 2.45) is 0 Å². The molecule has 0 saturated heterocycles.